The smallest absolute Gasteiger partial charge is 0.252 e. The largest absolute Gasteiger partial charge is 0.368 e. The molecule has 0 aliphatic heterocycles. The molecule has 1 amide bonds. The quantitative estimate of drug-likeness (QED) is 0.526. The molecule has 0 aliphatic carbocycles. The lowest BCUT2D eigenvalue weighted by Gasteiger charge is -2.11. The average molecular weight is 372 g/mol. The monoisotopic (exact) mass is 372 g/mol. The lowest BCUT2D eigenvalue weighted by Crippen LogP contribution is -2.27. The van der Waals surface area contributed by atoms with Gasteiger partial charge in [-0.3, -0.25) is 4.79 Å². The molecule has 2 aromatic carbocycles. The predicted octanol–water partition coefficient (Wildman–Crippen LogP) is 4.44. The van der Waals surface area contributed by atoms with E-state index in [-0.39, 0.29) is 5.91 Å². The van der Waals surface area contributed by atoms with Gasteiger partial charge in [0.05, 0.1) is 5.56 Å². The molecule has 5 heteroatoms. The molecule has 2 N–H and O–H groups in total. The van der Waals surface area contributed by atoms with E-state index in [4.69, 9.17) is 0 Å². The van der Waals surface area contributed by atoms with Crippen LogP contribution in [0.2, 0.25) is 0 Å². The number of fused-ring (bicyclic) bond motifs is 3. The molecule has 142 valence electrons. The molecule has 0 bridgehead atoms. The average Bonchev–Trinajstić information content (AvgIpc) is 3.02. The summed E-state index contributed by atoms with van der Waals surface area (Å²) in [5.74, 6) is 0.668. The third kappa shape index (κ3) is 3.56. The molecule has 0 saturated heterocycles. The van der Waals surface area contributed by atoms with Crippen LogP contribution in [-0.4, -0.2) is 28.0 Å². The lowest BCUT2D eigenvalue weighted by atomic mass is 10.2. The van der Waals surface area contributed by atoms with Gasteiger partial charge in [-0.05, 0) is 38.1 Å². The summed E-state index contributed by atoms with van der Waals surface area (Å²) in [6, 6.07) is 20.7. The number of hydrogen-bond donors (Lipinski definition) is 2. The molecule has 4 aromatic rings. The molecule has 0 radical (unpaired) electrons. The van der Waals surface area contributed by atoms with Gasteiger partial charge >= 0.3 is 0 Å². The molecular weight excluding hydrogens is 348 g/mol. The van der Waals surface area contributed by atoms with Crippen molar-refractivity contribution < 1.29 is 4.79 Å². The number of para-hydroxylation sites is 2. The topological polar surface area (TPSA) is 59.0 Å². The van der Waals surface area contributed by atoms with Gasteiger partial charge in [0, 0.05) is 47.1 Å². The van der Waals surface area contributed by atoms with E-state index in [0.717, 1.165) is 5.82 Å². The number of anilines is 1. The standard InChI is InChI=1S/C23H24N4O/c1-16(2)26-22-12-11-17(15-25-22)23(28)24-13-14-27-20-9-5-3-7-18(20)19-8-4-6-10-21(19)27/h3-12,15-16H,13-14H2,1-2H3,(H,24,28)(H,25,26). The van der Waals surface area contributed by atoms with Crippen LogP contribution in [0.1, 0.15) is 24.2 Å². The first-order valence-corrected chi connectivity index (χ1v) is 9.60. The SMILES string of the molecule is CC(C)Nc1ccc(C(=O)NCCn2c3ccccc3c3ccccc32)cn1. The summed E-state index contributed by atoms with van der Waals surface area (Å²) < 4.78 is 2.26. The summed E-state index contributed by atoms with van der Waals surface area (Å²) in [6.07, 6.45) is 1.61. The van der Waals surface area contributed by atoms with Crippen molar-refractivity contribution >= 4 is 33.5 Å². The molecule has 2 aromatic heterocycles. The zero-order chi connectivity index (χ0) is 19.5. The van der Waals surface area contributed by atoms with E-state index in [1.54, 1.807) is 12.3 Å². The summed E-state index contributed by atoms with van der Waals surface area (Å²) in [6.45, 7) is 5.36. The minimum Gasteiger partial charge on any atom is -0.368 e. The Bertz CT molecular complexity index is 1060. The maximum Gasteiger partial charge on any atom is 0.252 e. The first-order valence-electron chi connectivity index (χ1n) is 9.60. The number of carbonyl (C=O) groups is 1. The minimum atomic E-state index is -0.107. The molecule has 0 spiro atoms. The summed E-state index contributed by atoms with van der Waals surface area (Å²) in [4.78, 5) is 16.8. The summed E-state index contributed by atoms with van der Waals surface area (Å²) in [5.41, 5.74) is 2.93. The van der Waals surface area contributed by atoms with Crippen LogP contribution in [0, 0.1) is 0 Å². The number of amides is 1. The van der Waals surface area contributed by atoms with Crippen LogP contribution >= 0.6 is 0 Å². The predicted molar refractivity (Wildman–Crippen MR) is 115 cm³/mol. The van der Waals surface area contributed by atoms with E-state index in [0.29, 0.717) is 24.7 Å². The number of nitrogens with zero attached hydrogens (tertiary/aromatic N) is 2. The van der Waals surface area contributed by atoms with Crippen molar-refractivity contribution in [2.75, 3.05) is 11.9 Å². The number of pyridine rings is 1. The van der Waals surface area contributed by atoms with E-state index >= 15 is 0 Å². The first-order chi connectivity index (χ1) is 13.6. The third-order valence-electron chi connectivity index (χ3n) is 4.76. The van der Waals surface area contributed by atoms with Crippen molar-refractivity contribution in [1.29, 1.82) is 0 Å². The second-order valence-electron chi connectivity index (χ2n) is 7.17. The number of benzene rings is 2. The fraction of sp³-hybridized carbons (Fsp3) is 0.217. The van der Waals surface area contributed by atoms with Crippen LogP contribution in [0.3, 0.4) is 0 Å². The first kappa shape index (κ1) is 18.0. The molecule has 28 heavy (non-hydrogen) atoms. The van der Waals surface area contributed by atoms with Crippen LogP contribution in [0.4, 0.5) is 5.82 Å². The molecule has 2 heterocycles. The number of aromatic nitrogens is 2. The van der Waals surface area contributed by atoms with E-state index in [1.807, 2.05) is 6.07 Å². The van der Waals surface area contributed by atoms with Gasteiger partial charge < -0.3 is 15.2 Å². The van der Waals surface area contributed by atoms with Gasteiger partial charge in [-0.2, -0.15) is 0 Å². The highest BCUT2D eigenvalue weighted by Gasteiger charge is 2.10. The van der Waals surface area contributed by atoms with Crippen LogP contribution < -0.4 is 10.6 Å². The Morgan fingerprint density at radius 1 is 0.964 bits per heavy atom. The van der Waals surface area contributed by atoms with Gasteiger partial charge in [-0.25, -0.2) is 4.98 Å². The molecule has 0 fully saturated rings. The Morgan fingerprint density at radius 3 is 2.18 bits per heavy atom. The van der Waals surface area contributed by atoms with Gasteiger partial charge in [0.1, 0.15) is 5.82 Å². The van der Waals surface area contributed by atoms with Crippen molar-refractivity contribution in [2.24, 2.45) is 0 Å². The Hall–Kier alpha value is -3.34. The van der Waals surface area contributed by atoms with Crippen molar-refractivity contribution in [3.63, 3.8) is 0 Å². The molecule has 4 rings (SSSR count). The van der Waals surface area contributed by atoms with Gasteiger partial charge in [0.25, 0.3) is 5.91 Å². The van der Waals surface area contributed by atoms with E-state index in [1.165, 1.54) is 21.8 Å². The fourth-order valence-corrected chi connectivity index (χ4v) is 3.54. The second kappa shape index (κ2) is 7.72. The molecule has 0 atom stereocenters. The molecule has 0 saturated carbocycles. The zero-order valence-corrected chi connectivity index (χ0v) is 16.1. The van der Waals surface area contributed by atoms with Crippen molar-refractivity contribution in [3.8, 4) is 0 Å². The number of nitrogens with one attached hydrogen (secondary N) is 2. The van der Waals surface area contributed by atoms with Crippen molar-refractivity contribution in [3.05, 3.63) is 72.4 Å². The van der Waals surface area contributed by atoms with E-state index < -0.39 is 0 Å². The summed E-state index contributed by atoms with van der Waals surface area (Å²) in [7, 11) is 0. The van der Waals surface area contributed by atoms with Crippen LogP contribution in [0.5, 0.6) is 0 Å². The van der Waals surface area contributed by atoms with E-state index in [9.17, 15) is 4.79 Å². The molecule has 5 nitrogen and oxygen atoms in total. The van der Waals surface area contributed by atoms with Crippen LogP contribution in [-0.2, 0) is 6.54 Å². The molecule has 0 aliphatic rings. The Kier molecular flexibility index (Phi) is 4.98. The number of rotatable bonds is 6. The number of carbonyl (C=O) groups excluding carboxylic acids is 1. The Labute approximate surface area is 164 Å². The normalized spacial score (nSPS) is 11.2. The van der Waals surface area contributed by atoms with Gasteiger partial charge in [0.2, 0.25) is 0 Å². The van der Waals surface area contributed by atoms with Crippen molar-refractivity contribution in [1.82, 2.24) is 14.9 Å². The highest BCUT2D eigenvalue weighted by atomic mass is 16.1. The molecule has 0 unspecified atom stereocenters. The number of hydrogen-bond acceptors (Lipinski definition) is 3. The van der Waals surface area contributed by atoms with Crippen molar-refractivity contribution in [2.45, 2.75) is 26.4 Å². The fourth-order valence-electron chi connectivity index (χ4n) is 3.54. The van der Waals surface area contributed by atoms with Crippen LogP contribution in [0.25, 0.3) is 21.8 Å². The highest BCUT2D eigenvalue weighted by molar-refractivity contribution is 6.08. The summed E-state index contributed by atoms with van der Waals surface area (Å²) in [5, 5.41) is 8.70. The Balaban J connectivity index is 1.47. The lowest BCUT2D eigenvalue weighted by molar-refractivity contribution is 0.0952. The second-order valence-corrected chi connectivity index (χ2v) is 7.17. The maximum atomic E-state index is 12.5. The minimum absolute atomic E-state index is 0.107. The maximum absolute atomic E-state index is 12.5. The van der Waals surface area contributed by atoms with E-state index in [2.05, 4.69) is 82.6 Å². The van der Waals surface area contributed by atoms with Gasteiger partial charge in [0.15, 0.2) is 0 Å². The Morgan fingerprint density at radius 2 is 1.61 bits per heavy atom. The zero-order valence-electron chi connectivity index (χ0n) is 16.1. The molecular formula is C23H24N4O. The third-order valence-corrected chi connectivity index (χ3v) is 4.76. The summed E-state index contributed by atoms with van der Waals surface area (Å²) >= 11 is 0. The van der Waals surface area contributed by atoms with Crippen LogP contribution in [0.15, 0.2) is 66.9 Å². The van der Waals surface area contributed by atoms with Gasteiger partial charge in [-0.1, -0.05) is 36.4 Å². The highest BCUT2D eigenvalue weighted by Crippen LogP contribution is 2.28. The van der Waals surface area contributed by atoms with Gasteiger partial charge in [-0.15, -0.1) is 0 Å².